The van der Waals surface area contributed by atoms with Crippen LogP contribution in [0, 0.1) is 6.92 Å². The first-order chi connectivity index (χ1) is 6.68. The quantitative estimate of drug-likeness (QED) is 0.631. The second kappa shape index (κ2) is 3.57. The van der Waals surface area contributed by atoms with Gasteiger partial charge in [0.15, 0.2) is 0 Å². The summed E-state index contributed by atoms with van der Waals surface area (Å²) in [5, 5.41) is 2.75. The molecule has 1 heteroatoms. The van der Waals surface area contributed by atoms with Crippen LogP contribution in [0.3, 0.4) is 0 Å². The molecule has 1 aromatic carbocycles. The second-order valence-corrected chi connectivity index (χ2v) is 4.23. The van der Waals surface area contributed by atoms with E-state index in [-0.39, 0.29) is 0 Å². The van der Waals surface area contributed by atoms with E-state index in [1.54, 1.807) is 0 Å². The molecule has 0 unspecified atom stereocenters. The van der Waals surface area contributed by atoms with Crippen molar-refractivity contribution >= 4 is 17.6 Å². The van der Waals surface area contributed by atoms with Crippen molar-refractivity contribution in [3.05, 3.63) is 41.4 Å². The minimum atomic E-state index is 0.597. The van der Waals surface area contributed by atoms with Crippen molar-refractivity contribution < 1.29 is 0 Å². The maximum atomic E-state index is 2.30. The Morgan fingerprint density at radius 2 is 1.86 bits per heavy atom. The molecule has 70 valence electrons. The molecule has 0 radical (unpaired) electrons. The molecule has 14 heavy (non-hydrogen) atoms. The number of benzene rings is 1. The minimum absolute atomic E-state index is 0.597. The molecule has 0 N–H and O–H groups in total. The number of fused-ring (bicyclic) bond motifs is 1. The molecule has 0 aliphatic rings. The number of aryl methyl sites for hydroxylation is 1. The van der Waals surface area contributed by atoms with Crippen molar-refractivity contribution in [2.75, 3.05) is 0 Å². The molecule has 0 nitrogen and oxygen atoms in total. The van der Waals surface area contributed by atoms with E-state index in [0.717, 1.165) is 0 Å². The summed E-state index contributed by atoms with van der Waals surface area (Å²) in [5.74, 6) is 0.597. The third-order valence-electron chi connectivity index (χ3n) is 2.66. The van der Waals surface area contributed by atoms with Crippen LogP contribution in [0.1, 0.15) is 30.8 Å². The average molecular weight is 182 g/mol. The van der Waals surface area contributed by atoms with Gasteiger partial charge in [-0.05, 0) is 0 Å². The van der Waals surface area contributed by atoms with Crippen LogP contribution >= 0.6 is 0 Å². The van der Waals surface area contributed by atoms with Crippen LogP contribution in [0.2, 0.25) is 0 Å². The van der Waals surface area contributed by atoms with Crippen molar-refractivity contribution in [1.82, 2.24) is 0 Å². The molecule has 0 bridgehead atoms. The second-order valence-electron chi connectivity index (χ2n) is 4.23. The van der Waals surface area contributed by atoms with Crippen molar-refractivity contribution in [2.45, 2.75) is 26.7 Å². The predicted octanol–water partition coefficient (Wildman–Crippen LogP) is 3.61. The predicted molar refractivity (Wildman–Crippen MR) is 64.1 cm³/mol. The fraction of sp³-hybridized carbons (Fsp3) is 0.308. The number of hydrogen-bond donors (Lipinski definition) is 0. The van der Waals surface area contributed by atoms with Gasteiger partial charge in [-0.3, -0.25) is 0 Å². The third-order valence-corrected chi connectivity index (χ3v) is 2.66. The van der Waals surface area contributed by atoms with Gasteiger partial charge in [0.2, 0.25) is 0 Å². The topological polar surface area (TPSA) is 0 Å². The molecule has 0 atom stereocenters. The molecule has 0 saturated carbocycles. The van der Waals surface area contributed by atoms with E-state index in [9.17, 15) is 0 Å². The first-order valence-corrected chi connectivity index (χ1v) is 5.18. The Labute approximate surface area is 86.2 Å². The van der Waals surface area contributed by atoms with E-state index in [2.05, 4.69) is 58.0 Å². The Kier molecular flexibility index (Phi) is 2.41. The van der Waals surface area contributed by atoms with Crippen molar-refractivity contribution in [3.8, 4) is 0 Å². The molecule has 0 fully saturated rings. The summed E-state index contributed by atoms with van der Waals surface area (Å²) >= 11 is 0. The Bertz CT molecular complexity index is 458. The zero-order valence-electron chi connectivity index (χ0n) is 9.04. The van der Waals surface area contributed by atoms with Crippen molar-refractivity contribution in [1.29, 1.82) is 0 Å². The molecule has 2 rings (SSSR count). The van der Waals surface area contributed by atoms with E-state index in [1.165, 1.54) is 21.7 Å². The monoisotopic (exact) mass is 182 g/mol. The summed E-state index contributed by atoms with van der Waals surface area (Å²) in [4.78, 5) is 0. The van der Waals surface area contributed by atoms with Gasteiger partial charge in [0.1, 0.15) is 0 Å². The van der Waals surface area contributed by atoms with Crippen molar-refractivity contribution in [2.24, 2.45) is 0 Å². The standard InChI is InChI=1S/C13H15B/c1-9(2)12-8-10(3)14-13-7-5-4-6-11(12)13/h4-9H,1-3H3. The van der Waals surface area contributed by atoms with Gasteiger partial charge in [-0.2, -0.15) is 0 Å². The summed E-state index contributed by atoms with van der Waals surface area (Å²) in [5.41, 5.74) is 2.81. The van der Waals surface area contributed by atoms with Crippen LogP contribution < -0.4 is 0 Å². The Morgan fingerprint density at radius 1 is 1.14 bits per heavy atom. The van der Waals surface area contributed by atoms with E-state index in [0.29, 0.717) is 5.92 Å². The van der Waals surface area contributed by atoms with E-state index in [4.69, 9.17) is 0 Å². The van der Waals surface area contributed by atoms with Crippen LogP contribution in [0.5, 0.6) is 0 Å². The molecular formula is C13H15B. The van der Waals surface area contributed by atoms with E-state index < -0.39 is 0 Å². The Hall–Kier alpha value is -1.11. The van der Waals surface area contributed by atoms with Crippen LogP contribution in [0.4, 0.5) is 0 Å². The van der Waals surface area contributed by atoms with Crippen LogP contribution in [-0.2, 0) is 0 Å². The van der Waals surface area contributed by atoms with E-state index >= 15 is 0 Å². The third kappa shape index (κ3) is 1.59. The number of rotatable bonds is 1. The van der Waals surface area contributed by atoms with E-state index in [1.807, 2.05) is 0 Å². The summed E-state index contributed by atoms with van der Waals surface area (Å²) in [6.45, 7) is 8.92. The molecule has 1 heterocycles. The Balaban J connectivity index is 2.80. The summed E-state index contributed by atoms with van der Waals surface area (Å²) < 4.78 is 0. The van der Waals surface area contributed by atoms with Gasteiger partial charge in [-0.25, -0.2) is 0 Å². The SMILES string of the molecule is Cc1bc2ccccc2c(C(C)C)c1. The van der Waals surface area contributed by atoms with Crippen molar-refractivity contribution in [3.63, 3.8) is 0 Å². The molecule has 0 aliphatic heterocycles. The molecule has 0 spiro atoms. The zero-order valence-corrected chi connectivity index (χ0v) is 9.04. The molecule has 2 aromatic rings. The average Bonchev–Trinajstić information content (AvgIpc) is 2.16. The van der Waals surface area contributed by atoms with Gasteiger partial charge in [-0.1, -0.05) is 0 Å². The Morgan fingerprint density at radius 3 is 2.57 bits per heavy atom. The van der Waals surface area contributed by atoms with Crippen LogP contribution in [0.15, 0.2) is 30.3 Å². The molecule has 0 saturated heterocycles. The van der Waals surface area contributed by atoms with Gasteiger partial charge >= 0.3 is 85.6 Å². The first kappa shape index (κ1) is 9.45. The van der Waals surface area contributed by atoms with Gasteiger partial charge in [0, 0.05) is 0 Å². The molecule has 0 aliphatic carbocycles. The van der Waals surface area contributed by atoms with Gasteiger partial charge in [0.25, 0.3) is 0 Å². The van der Waals surface area contributed by atoms with Crippen LogP contribution in [0.25, 0.3) is 10.7 Å². The normalized spacial score (nSPS) is 10.9. The molecule has 0 amide bonds. The molecule has 1 aromatic heterocycles. The summed E-state index contributed by atoms with van der Waals surface area (Å²) in [6.07, 6.45) is 0. The molecular weight excluding hydrogens is 167 g/mol. The zero-order chi connectivity index (χ0) is 10.1. The van der Waals surface area contributed by atoms with Gasteiger partial charge in [-0.15, -0.1) is 0 Å². The summed E-state index contributed by atoms with van der Waals surface area (Å²) in [7, 11) is 0. The first-order valence-electron chi connectivity index (χ1n) is 5.18. The van der Waals surface area contributed by atoms with Gasteiger partial charge < -0.3 is 0 Å². The number of hydrogen-bond acceptors (Lipinski definition) is 0. The van der Waals surface area contributed by atoms with Crippen LogP contribution in [-0.4, -0.2) is 6.91 Å². The van der Waals surface area contributed by atoms with Gasteiger partial charge in [0.05, 0.1) is 0 Å². The maximum absolute atomic E-state index is 2.30. The summed E-state index contributed by atoms with van der Waals surface area (Å²) in [6, 6.07) is 10.9. The fourth-order valence-electron chi connectivity index (χ4n) is 1.97. The fourth-order valence-corrected chi connectivity index (χ4v) is 1.97.